The molecule has 0 radical (unpaired) electrons. The second-order valence-corrected chi connectivity index (χ2v) is 4.59. The van der Waals surface area contributed by atoms with Gasteiger partial charge in [-0.25, -0.2) is 0 Å². The van der Waals surface area contributed by atoms with Gasteiger partial charge in [-0.05, 0) is 24.3 Å². The van der Waals surface area contributed by atoms with Gasteiger partial charge in [0.05, 0.1) is 5.56 Å². The van der Waals surface area contributed by atoms with E-state index in [-0.39, 0.29) is 5.91 Å². The third kappa shape index (κ3) is 3.27. The maximum atomic E-state index is 11.5. The van der Waals surface area contributed by atoms with Gasteiger partial charge in [-0.15, -0.1) is 0 Å². The molecule has 0 atom stereocenters. The Hall–Kier alpha value is -0.100. The summed E-state index contributed by atoms with van der Waals surface area (Å²) in [6, 6.07) is 0. The minimum atomic E-state index is 0.0589. The largest absolute Gasteiger partial charge is 0.352 e. The smallest absolute Gasteiger partial charge is 0.252 e. The van der Waals surface area contributed by atoms with Crippen molar-refractivity contribution >= 4 is 39.8 Å². The first-order valence-corrected chi connectivity index (χ1v) is 6.59. The summed E-state index contributed by atoms with van der Waals surface area (Å²) < 4.78 is 1.08. The predicted octanol–water partition coefficient (Wildman–Crippen LogP) is 2.61. The van der Waals surface area contributed by atoms with E-state index in [1.807, 2.05) is 17.7 Å². The number of alkyl halides is 1. The summed E-state index contributed by atoms with van der Waals surface area (Å²) in [5, 5.41) is 6.78. The van der Waals surface area contributed by atoms with Crippen molar-refractivity contribution in [3.63, 3.8) is 0 Å². The summed E-state index contributed by atoms with van der Waals surface area (Å²) in [6.45, 7) is 2.74. The Morgan fingerprint density at radius 1 is 1.62 bits per heavy atom. The Labute approximate surface area is 95.9 Å². The number of thiophene rings is 1. The molecule has 0 aliphatic heterocycles. The minimum absolute atomic E-state index is 0.0589. The van der Waals surface area contributed by atoms with E-state index >= 15 is 0 Å². The highest BCUT2D eigenvalue weighted by atomic mass is 127. The van der Waals surface area contributed by atoms with Gasteiger partial charge in [0.25, 0.3) is 5.91 Å². The molecule has 0 aromatic carbocycles. The van der Waals surface area contributed by atoms with Gasteiger partial charge in [0, 0.05) is 16.4 Å². The number of rotatable bonds is 4. The molecule has 2 nitrogen and oxygen atoms in total. The first-order chi connectivity index (χ1) is 6.25. The van der Waals surface area contributed by atoms with Crippen molar-refractivity contribution in [2.45, 2.75) is 13.3 Å². The molecule has 0 saturated heterocycles. The van der Waals surface area contributed by atoms with Crippen molar-refractivity contribution in [2.24, 2.45) is 0 Å². The van der Waals surface area contributed by atoms with Crippen LogP contribution in [-0.2, 0) is 0 Å². The molecule has 13 heavy (non-hydrogen) atoms. The average Bonchev–Trinajstić information content (AvgIpc) is 2.52. The molecule has 1 heterocycles. The number of hydrogen-bond donors (Lipinski definition) is 1. The van der Waals surface area contributed by atoms with Gasteiger partial charge >= 0.3 is 0 Å². The van der Waals surface area contributed by atoms with E-state index in [0.717, 1.165) is 28.5 Å². The third-order valence-corrected chi connectivity index (χ3v) is 3.32. The number of carbonyl (C=O) groups excluding carboxylic acids is 1. The Bertz CT molecular complexity index is 285. The van der Waals surface area contributed by atoms with Crippen LogP contribution in [0.2, 0.25) is 0 Å². The lowest BCUT2D eigenvalue weighted by atomic mass is 10.2. The van der Waals surface area contributed by atoms with E-state index in [9.17, 15) is 4.79 Å². The predicted molar refractivity (Wildman–Crippen MR) is 64.9 cm³/mol. The second kappa shape index (κ2) is 5.59. The van der Waals surface area contributed by atoms with Gasteiger partial charge < -0.3 is 5.32 Å². The Balaban J connectivity index is 2.45. The highest BCUT2D eigenvalue weighted by molar-refractivity contribution is 14.1. The number of halogens is 1. The van der Waals surface area contributed by atoms with Crippen LogP contribution in [0.15, 0.2) is 10.8 Å². The zero-order chi connectivity index (χ0) is 9.68. The first-order valence-electron chi connectivity index (χ1n) is 4.12. The van der Waals surface area contributed by atoms with Crippen LogP contribution in [0, 0.1) is 6.92 Å². The lowest BCUT2D eigenvalue weighted by Crippen LogP contribution is -2.24. The van der Waals surface area contributed by atoms with Gasteiger partial charge in [-0.1, -0.05) is 22.6 Å². The van der Waals surface area contributed by atoms with E-state index in [2.05, 4.69) is 27.9 Å². The van der Waals surface area contributed by atoms with Crippen LogP contribution in [0.4, 0.5) is 0 Å². The van der Waals surface area contributed by atoms with Gasteiger partial charge in [0.2, 0.25) is 0 Å². The van der Waals surface area contributed by atoms with E-state index in [4.69, 9.17) is 0 Å². The fraction of sp³-hybridized carbons (Fsp3) is 0.444. The standard InChI is InChI=1S/C9H12INOS/c1-7-5-13-6-8(7)9(12)11-4-2-3-10/h5-6H,2-4H2,1H3,(H,11,12). The molecule has 0 saturated carbocycles. The van der Waals surface area contributed by atoms with Crippen molar-refractivity contribution in [1.29, 1.82) is 0 Å². The van der Waals surface area contributed by atoms with E-state index in [1.165, 1.54) is 0 Å². The summed E-state index contributed by atoms with van der Waals surface area (Å²) in [7, 11) is 0. The van der Waals surface area contributed by atoms with E-state index in [0.29, 0.717) is 0 Å². The second-order valence-electron chi connectivity index (χ2n) is 2.77. The zero-order valence-corrected chi connectivity index (χ0v) is 10.4. The number of aryl methyl sites for hydroxylation is 1. The topological polar surface area (TPSA) is 29.1 Å². The molecule has 1 aromatic heterocycles. The summed E-state index contributed by atoms with van der Waals surface area (Å²) in [6.07, 6.45) is 1.04. The lowest BCUT2D eigenvalue weighted by Gasteiger charge is -2.02. The highest BCUT2D eigenvalue weighted by Crippen LogP contribution is 2.12. The minimum Gasteiger partial charge on any atom is -0.352 e. The van der Waals surface area contributed by atoms with Gasteiger partial charge in [0.1, 0.15) is 0 Å². The summed E-state index contributed by atoms with van der Waals surface area (Å²) in [5.41, 5.74) is 1.88. The number of amides is 1. The van der Waals surface area contributed by atoms with Crippen molar-refractivity contribution in [2.75, 3.05) is 11.0 Å². The van der Waals surface area contributed by atoms with E-state index in [1.54, 1.807) is 11.3 Å². The van der Waals surface area contributed by atoms with Crippen molar-refractivity contribution in [3.8, 4) is 0 Å². The molecule has 0 bridgehead atoms. The van der Waals surface area contributed by atoms with Crippen molar-refractivity contribution in [3.05, 3.63) is 21.9 Å². The number of hydrogen-bond acceptors (Lipinski definition) is 2. The van der Waals surface area contributed by atoms with Crippen LogP contribution in [-0.4, -0.2) is 16.9 Å². The monoisotopic (exact) mass is 309 g/mol. The molecule has 0 spiro atoms. The molecule has 0 aliphatic carbocycles. The molecule has 0 fully saturated rings. The highest BCUT2D eigenvalue weighted by Gasteiger charge is 2.07. The normalized spacial score (nSPS) is 10.0. The third-order valence-electron chi connectivity index (χ3n) is 1.70. The fourth-order valence-corrected chi connectivity index (χ4v) is 2.17. The molecule has 1 rings (SSSR count). The van der Waals surface area contributed by atoms with E-state index < -0.39 is 0 Å². The summed E-state index contributed by atoms with van der Waals surface area (Å²) >= 11 is 3.88. The fourth-order valence-electron chi connectivity index (χ4n) is 0.957. The molecular weight excluding hydrogens is 297 g/mol. The van der Waals surface area contributed by atoms with Crippen LogP contribution >= 0.6 is 33.9 Å². The summed E-state index contributed by atoms with van der Waals surface area (Å²) in [5.74, 6) is 0.0589. The van der Waals surface area contributed by atoms with Crippen LogP contribution in [0.1, 0.15) is 22.3 Å². The molecular formula is C9H12INOS. The average molecular weight is 309 g/mol. The molecule has 1 N–H and O–H groups in total. The molecule has 1 aromatic rings. The van der Waals surface area contributed by atoms with Crippen LogP contribution < -0.4 is 5.32 Å². The molecule has 0 unspecified atom stereocenters. The van der Waals surface area contributed by atoms with Crippen molar-refractivity contribution < 1.29 is 4.79 Å². The van der Waals surface area contributed by atoms with Gasteiger partial charge in [-0.2, -0.15) is 11.3 Å². The molecule has 1 amide bonds. The first kappa shape index (κ1) is 11.0. The Kier molecular flexibility index (Phi) is 4.72. The summed E-state index contributed by atoms with van der Waals surface area (Å²) in [4.78, 5) is 11.5. The van der Waals surface area contributed by atoms with Crippen LogP contribution in [0.5, 0.6) is 0 Å². The SMILES string of the molecule is Cc1cscc1C(=O)NCCCI. The number of nitrogens with one attached hydrogen (secondary N) is 1. The van der Waals surface area contributed by atoms with Crippen LogP contribution in [0.3, 0.4) is 0 Å². The maximum Gasteiger partial charge on any atom is 0.252 e. The van der Waals surface area contributed by atoms with Crippen LogP contribution in [0.25, 0.3) is 0 Å². The molecule has 72 valence electrons. The van der Waals surface area contributed by atoms with Gasteiger partial charge in [-0.3, -0.25) is 4.79 Å². The number of carbonyl (C=O) groups is 1. The van der Waals surface area contributed by atoms with Crippen molar-refractivity contribution in [1.82, 2.24) is 5.32 Å². The van der Waals surface area contributed by atoms with Gasteiger partial charge in [0.15, 0.2) is 0 Å². The molecule has 4 heteroatoms. The molecule has 0 aliphatic rings. The lowest BCUT2D eigenvalue weighted by molar-refractivity contribution is 0.0954. The Morgan fingerprint density at radius 2 is 2.38 bits per heavy atom. The Morgan fingerprint density at radius 3 is 2.92 bits per heavy atom. The zero-order valence-electron chi connectivity index (χ0n) is 7.47. The quantitative estimate of drug-likeness (QED) is 0.517. The maximum absolute atomic E-state index is 11.5.